The van der Waals surface area contributed by atoms with Crippen LogP contribution in [-0.2, 0) is 22.4 Å². The van der Waals surface area contributed by atoms with Gasteiger partial charge in [-0.3, -0.25) is 0 Å². The van der Waals surface area contributed by atoms with E-state index in [1.807, 2.05) is 12.1 Å². The first-order valence-corrected chi connectivity index (χ1v) is 9.05. The van der Waals surface area contributed by atoms with E-state index < -0.39 is 12.3 Å². The van der Waals surface area contributed by atoms with Gasteiger partial charge in [0, 0.05) is 12.0 Å². The van der Waals surface area contributed by atoms with Crippen molar-refractivity contribution < 1.29 is 24.5 Å². The van der Waals surface area contributed by atoms with Gasteiger partial charge < -0.3 is 19.7 Å². The first-order chi connectivity index (χ1) is 12.8. The average Bonchev–Trinajstić information content (AvgIpc) is 2.89. The Morgan fingerprint density at radius 2 is 1.89 bits per heavy atom. The molecule has 0 saturated heterocycles. The van der Waals surface area contributed by atoms with Crippen molar-refractivity contribution in [3.63, 3.8) is 0 Å². The van der Waals surface area contributed by atoms with E-state index in [0.29, 0.717) is 23.1 Å². The maximum atomic E-state index is 12.3. The molecule has 0 spiro atoms. The smallest absolute Gasteiger partial charge is 0.337 e. The third kappa shape index (κ3) is 3.43. The molecule has 5 nitrogen and oxygen atoms in total. The van der Waals surface area contributed by atoms with Crippen molar-refractivity contribution in [2.75, 3.05) is 0 Å². The lowest BCUT2D eigenvalue weighted by molar-refractivity contribution is -0.150. The number of phenolic OH excluding ortho intramolecular Hbond substituents is 1. The van der Waals surface area contributed by atoms with E-state index in [9.17, 15) is 15.0 Å². The summed E-state index contributed by atoms with van der Waals surface area (Å²) in [6, 6.07) is 12.3. The third-order valence-corrected chi connectivity index (χ3v) is 5.10. The molecule has 2 heterocycles. The molecule has 5 heteroatoms. The van der Waals surface area contributed by atoms with Crippen molar-refractivity contribution >= 4 is 11.5 Å². The van der Waals surface area contributed by atoms with E-state index in [0.717, 1.165) is 29.7 Å². The number of fused-ring (bicyclic) bond motifs is 1. The number of aromatic hydroxyl groups is 1. The fourth-order valence-electron chi connectivity index (χ4n) is 3.64. The molecule has 2 aliphatic heterocycles. The Hall–Kier alpha value is -2.79. The molecule has 0 amide bonds. The largest absolute Gasteiger partial charge is 0.508 e. The zero-order valence-electron chi connectivity index (χ0n) is 15.4. The molecular formula is C22H22O5. The number of hydrogen-bond donors (Lipinski definition) is 2. The SMILES string of the molecule is CC1(C)CCc2cc(CC3=C(c4ccc(O)cc4)[C@@H](O)OC3=O)ccc2O1. The van der Waals surface area contributed by atoms with Crippen LogP contribution in [0.15, 0.2) is 48.0 Å². The van der Waals surface area contributed by atoms with Gasteiger partial charge in [-0.15, -0.1) is 0 Å². The second-order valence-corrected chi connectivity index (χ2v) is 7.68. The molecular weight excluding hydrogens is 344 g/mol. The molecule has 0 fully saturated rings. The van der Waals surface area contributed by atoms with Crippen LogP contribution in [0.4, 0.5) is 0 Å². The van der Waals surface area contributed by atoms with Gasteiger partial charge in [0.2, 0.25) is 6.29 Å². The predicted octanol–water partition coefficient (Wildman–Crippen LogP) is 3.37. The Morgan fingerprint density at radius 3 is 2.63 bits per heavy atom. The number of phenols is 1. The summed E-state index contributed by atoms with van der Waals surface area (Å²) >= 11 is 0. The Labute approximate surface area is 157 Å². The number of benzene rings is 2. The number of aliphatic hydroxyl groups is 1. The molecule has 0 bridgehead atoms. The van der Waals surface area contributed by atoms with Crippen LogP contribution in [-0.4, -0.2) is 28.1 Å². The molecule has 1 atom stereocenters. The summed E-state index contributed by atoms with van der Waals surface area (Å²) in [6.07, 6.45) is 0.931. The lowest BCUT2D eigenvalue weighted by Gasteiger charge is -2.32. The minimum absolute atomic E-state index is 0.123. The van der Waals surface area contributed by atoms with Crippen LogP contribution in [0, 0.1) is 0 Å². The molecule has 2 aromatic rings. The fourth-order valence-corrected chi connectivity index (χ4v) is 3.64. The van der Waals surface area contributed by atoms with Gasteiger partial charge in [-0.1, -0.05) is 24.3 Å². The van der Waals surface area contributed by atoms with Gasteiger partial charge in [-0.05, 0) is 61.6 Å². The van der Waals surface area contributed by atoms with Gasteiger partial charge in [-0.2, -0.15) is 0 Å². The number of rotatable bonds is 3. The van der Waals surface area contributed by atoms with E-state index in [2.05, 4.69) is 19.9 Å². The monoisotopic (exact) mass is 366 g/mol. The maximum Gasteiger partial charge on any atom is 0.337 e. The maximum absolute atomic E-state index is 12.3. The summed E-state index contributed by atoms with van der Waals surface area (Å²) in [5.74, 6) is 0.496. The highest BCUT2D eigenvalue weighted by Crippen LogP contribution is 2.36. The van der Waals surface area contributed by atoms with Crippen LogP contribution in [0.3, 0.4) is 0 Å². The standard InChI is InChI=1S/C22H22O5/c1-22(2)10-9-15-11-13(3-8-18(15)27-22)12-17-19(21(25)26-20(17)24)14-4-6-16(23)7-5-14/h3-8,11,21,23,25H,9-10,12H2,1-2H3/t21-/m0/s1. The lowest BCUT2D eigenvalue weighted by Crippen LogP contribution is -2.32. The van der Waals surface area contributed by atoms with Crippen LogP contribution >= 0.6 is 0 Å². The zero-order chi connectivity index (χ0) is 19.2. The number of carbonyl (C=O) groups excluding carboxylic acids is 1. The first kappa shape index (κ1) is 17.6. The molecule has 140 valence electrons. The zero-order valence-corrected chi connectivity index (χ0v) is 15.4. The first-order valence-electron chi connectivity index (χ1n) is 9.05. The van der Waals surface area contributed by atoms with E-state index in [-0.39, 0.29) is 11.4 Å². The van der Waals surface area contributed by atoms with Crippen LogP contribution in [0.5, 0.6) is 11.5 Å². The number of carbonyl (C=O) groups is 1. The summed E-state index contributed by atoms with van der Waals surface area (Å²) in [7, 11) is 0. The third-order valence-electron chi connectivity index (χ3n) is 5.10. The number of aliphatic hydroxyl groups excluding tert-OH is 1. The van der Waals surface area contributed by atoms with Gasteiger partial charge in [0.05, 0.1) is 5.57 Å². The summed E-state index contributed by atoms with van der Waals surface area (Å²) < 4.78 is 11.1. The van der Waals surface area contributed by atoms with E-state index >= 15 is 0 Å². The molecule has 0 saturated carbocycles. The van der Waals surface area contributed by atoms with Gasteiger partial charge in [0.15, 0.2) is 0 Å². The van der Waals surface area contributed by atoms with Gasteiger partial charge >= 0.3 is 5.97 Å². The van der Waals surface area contributed by atoms with Crippen LogP contribution < -0.4 is 4.74 Å². The Bertz CT molecular complexity index is 924. The van der Waals surface area contributed by atoms with Crippen molar-refractivity contribution in [3.05, 3.63) is 64.7 Å². The highest BCUT2D eigenvalue weighted by Gasteiger charge is 2.34. The Kier molecular flexibility index (Phi) is 4.19. The lowest BCUT2D eigenvalue weighted by atomic mass is 9.91. The topological polar surface area (TPSA) is 76.0 Å². The number of cyclic esters (lactones) is 1. The van der Waals surface area contributed by atoms with Crippen LogP contribution in [0.2, 0.25) is 0 Å². The van der Waals surface area contributed by atoms with Gasteiger partial charge in [0.25, 0.3) is 0 Å². The molecule has 4 rings (SSSR count). The number of aryl methyl sites for hydroxylation is 1. The van der Waals surface area contributed by atoms with Crippen LogP contribution in [0.25, 0.3) is 5.57 Å². The second-order valence-electron chi connectivity index (χ2n) is 7.68. The fraction of sp³-hybridized carbons (Fsp3) is 0.318. The summed E-state index contributed by atoms with van der Waals surface area (Å²) in [6.45, 7) is 4.16. The van der Waals surface area contributed by atoms with Crippen molar-refractivity contribution in [3.8, 4) is 11.5 Å². The normalized spacial score (nSPS) is 20.9. The molecule has 0 unspecified atom stereocenters. The molecule has 0 aliphatic carbocycles. The van der Waals surface area contributed by atoms with E-state index in [4.69, 9.17) is 9.47 Å². The van der Waals surface area contributed by atoms with Gasteiger partial charge in [0.1, 0.15) is 17.1 Å². The highest BCUT2D eigenvalue weighted by molar-refractivity contribution is 6.02. The minimum atomic E-state index is -1.29. The molecule has 27 heavy (non-hydrogen) atoms. The second kappa shape index (κ2) is 6.43. The van der Waals surface area contributed by atoms with Crippen molar-refractivity contribution in [1.82, 2.24) is 0 Å². The predicted molar refractivity (Wildman–Crippen MR) is 100 cm³/mol. The number of esters is 1. The summed E-state index contributed by atoms with van der Waals surface area (Å²) in [5, 5.41) is 19.7. The number of hydrogen-bond acceptors (Lipinski definition) is 5. The quantitative estimate of drug-likeness (QED) is 0.815. The van der Waals surface area contributed by atoms with Gasteiger partial charge in [-0.25, -0.2) is 4.79 Å². The van der Waals surface area contributed by atoms with Crippen molar-refractivity contribution in [2.45, 2.75) is 45.0 Å². The molecule has 2 aromatic carbocycles. The highest BCUT2D eigenvalue weighted by atomic mass is 16.6. The van der Waals surface area contributed by atoms with Crippen molar-refractivity contribution in [2.24, 2.45) is 0 Å². The molecule has 2 N–H and O–H groups in total. The summed E-state index contributed by atoms with van der Waals surface area (Å²) in [4.78, 5) is 12.3. The van der Waals surface area contributed by atoms with E-state index in [1.165, 1.54) is 12.1 Å². The van der Waals surface area contributed by atoms with Crippen molar-refractivity contribution in [1.29, 1.82) is 0 Å². The molecule has 2 aliphatic rings. The number of ether oxygens (including phenoxy) is 2. The van der Waals surface area contributed by atoms with Crippen LogP contribution in [0.1, 0.15) is 37.0 Å². The average molecular weight is 366 g/mol. The Balaban J connectivity index is 1.67. The summed E-state index contributed by atoms with van der Waals surface area (Å²) in [5.41, 5.74) is 3.48. The molecule has 0 aromatic heterocycles. The molecule has 0 radical (unpaired) electrons. The Morgan fingerprint density at radius 1 is 1.15 bits per heavy atom. The minimum Gasteiger partial charge on any atom is -0.508 e. The van der Waals surface area contributed by atoms with E-state index in [1.54, 1.807) is 12.1 Å².